The van der Waals surface area contributed by atoms with Gasteiger partial charge in [-0.2, -0.15) is 14.6 Å². The van der Waals surface area contributed by atoms with E-state index in [1.54, 1.807) is 10.9 Å². The van der Waals surface area contributed by atoms with Crippen molar-refractivity contribution in [3.05, 3.63) is 18.2 Å². The van der Waals surface area contributed by atoms with Crippen molar-refractivity contribution in [1.82, 2.24) is 34.7 Å². The number of aromatic nitrogens is 6. The van der Waals surface area contributed by atoms with Gasteiger partial charge in [-0.15, -0.1) is 10.2 Å². The summed E-state index contributed by atoms with van der Waals surface area (Å²) < 4.78 is 28.4. The number of H-pyrrole nitrogens is 1. The number of tetrazole rings is 1. The van der Waals surface area contributed by atoms with E-state index >= 15 is 0 Å². The molecule has 114 valence electrons. The molecular weight excluding hydrogens is 294 g/mol. The van der Waals surface area contributed by atoms with Crippen molar-refractivity contribution < 1.29 is 8.42 Å². The van der Waals surface area contributed by atoms with E-state index in [9.17, 15) is 8.42 Å². The predicted molar refractivity (Wildman–Crippen MR) is 72.8 cm³/mol. The van der Waals surface area contributed by atoms with Crippen LogP contribution in [0.15, 0.2) is 17.3 Å². The molecule has 0 bridgehead atoms. The third-order valence-electron chi connectivity index (χ3n) is 3.68. The van der Waals surface area contributed by atoms with Crippen molar-refractivity contribution in [2.45, 2.75) is 37.1 Å². The highest BCUT2D eigenvalue weighted by Gasteiger charge is 2.33. The van der Waals surface area contributed by atoms with Gasteiger partial charge < -0.3 is 0 Å². The molecule has 0 aliphatic carbocycles. The van der Waals surface area contributed by atoms with Crippen LogP contribution in [-0.4, -0.2) is 56.2 Å². The molecule has 9 nitrogen and oxygen atoms in total. The van der Waals surface area contributed by atoms with Crippen molar-refractivity contribution >= 4 is 10.0 Å². The van der Waals surface area contributed by atoms with Crippen LogP contribution in [0.4, 0.5) is 0 Å². The summed E-state index contributed by atoms with van der Waals surface area (Å²) in [6.45, 7) is 3.44. The molecule has 1 unspecified atom stereocenters. The Balaban J connectivity index is 1.82. The van der Waals surface area contributed by atoms with Crippen LogP contribution >= 0.6 is 0 Å². The third-order valence-corrected chi connectivity index (χ3v) is 5.50. The topological polar surface area (TPSA) is 110 Å². The molecule has 0 aromatic carbocycles. The van der Waals surface area contributed by atoms with Gasteiger partial charge in [0.15, 0.2) is 5.82 Å². The first-order valence-electron chi connectivity index (χ1n) is 6.87. The average Bonchev–Trinajstić information content (AvgIpc) is 3.19. The number of nitrogens with zero attached hydrogens (tertiary/aromatic N) is 6. The van der Waals surface area contributed by atoms with Gasteiger partial charge in [0.25, 0.3) is 0 Å². The van der Waals surface area contributed by atoms with Crippen molar-refractivity contribution in [2.75, 3.05) is 13.1 Å². The highest BCUT2D eigenvalue weighted by atomic mass is 32.2. The minimum absolute atomic E-state index is 0.0199. The lowest BCUT2D eigenvalue weighted by Gasteiger charge is -2.29. The average molecular weight is 311 g/mol. The summed E-state index contributed by atoms with van der Waals surface area (Å²) in [5, 5.41) is 17.9. The molecular formula is C11H17N7O2S. The molecule has 1 fully saturated rings. The highest BCUT2D eigenvalue weighted by molar-refractivity contribution is 7.89. The Bertz CT molecular complexity index is 694. The first kappa shape index (κ1) is 14.1. The van der Waals surface area contributed by atoms with Gasteiger partial charge in [0.05, 0.1) is 6.20 Å². The fourth-order valence-corrected chi connectivity index (χ4v) is 3.99. The van der Waals surface area contributed by atoms with E-state index < -0.39 is 10.0 Å². The minimum atomic E-state index is -3.51. The SMILES string of the molecule is CCn1cc(S(=O)(=O)N2CCCC(c3nn[nH]n3)C2)cn1. The summed E-state index contributed by atoms with van der Waals surface area (Å²) in [6, 6.07) is 0. The minimum Gasteiger partial charge on any atom is -0.272 e. The molecule has 1 atom stereocenters. The largest absolute Gasteiger partial charge is 0.272 e. The van der Waals surface area contributed by atoms with Gasteiger partial charge >= 0.3 is 0 Å². The van der Waals surface area contributed by atoms with E-state index in [4.69, 9.17) is 0 Å². The molecule has 0 saturated carbocycles. The molecule has 10 heteroatoms. The molecule has 2 aromatic rings. The Morgan fingerprint density at radius 1 is 1.48 bits per heavy atom. The first-order valence-corrected chi connectivity index (χ1v) is 8.31. The van der Waals surface area contributed by atoms with Crippen LogP contribution in [0.3, 0.4) is 0 Å². The Labute approximate surface area is 122 Å². The third kappa shape index (κ3) is 2.68. The molecule has 1 aliphatic heterocycles. The Kier molecular flexibility index (Phi) is 3.72. The monoisotopic (exact) mass is 311 g/mol. The van der Waals surface area contributed by atoms with E-state index in [0.29, 0.717) is 25.5 Å². The molecule has 21 heavy (non-hydrogen) atoms. The summed E-state index contributed by atoms with van der Waals surface area (Å²) in [7, 11) is -3.51. The lowest BCUT2D eigenvalue weighted by atomic mass is 9.99. The normalized spacial score (nSPS) is 20.7. The van der Waals surface area contributed by atoms with Crippen LogP contribution in [0, 0.1) is 0 Å². The van der Waals surface area contributed by atoms with E-state index in [2.05, 4.69) is 25.7 Å². The van der Waals surface area contributed by atoms with Crippen molar-refractivity contribution in [1.29, 1.82) is 0 Å². The number of hydrogen-bond donors (Lipinski definition) is 1. The zero-order valence-corrected chi connectivity index (χ0v) is 12.5. The second kappa shape index (κ2) is 5.53. The summed E-state index contributed by atoms with van der Waals surface area (Å²) in [4.78, 5) is 0.234. The van der Waals surface area contributed by atoms with Gasteiger partial charge in [0, 0.05) is 31.7 Å². The summed E-state index contributed by atoms with van der Waals surface area (Å²) >= 11 is 0. The lowest BCUT2D eigenvalue weighted by Crippen LogP contribution is -2.39. The van der Waals surface area contributed by atoms with Gasteiger partial charge in [-0.05, 0) is 19.8 Å². The van der Waals surface area contributed by atoms with E-state index in [1.165, 1.54) is 10.5 Å². The first-order chi connectivity index (χ1) is 10.1. The molecule has 0 spiro atoms. The van der Waals surface area contributed by atoms with Crippen molar-refractivity contribution in [3.63, 3.8) is 0 Å². The molecule has 3 rings (SSSR count). The number of aromatic amines is 1. The fourth-order valence-electron chi connectivity index (χ4n) is 2.51. The molecule has 2 aromatic heterocycles. The summed E-state index contributed by atoms with van der Waals surface area (Å²) in [5.74, 6) is 0.549. The summed E-state index contributed by atoms with van der Waals surface area (Å²) in [5.41, 5.74) is 0. The Morgan fingerprint density at radius 2 is 2.33 bits per heavy atom. The fraction of sp³-hybridized carbons (Fsp3) is 0.636. The van der Waals surface area contributed by atoms with Gasteiger partial charge in [0.1, 0.15) is 4.90 Å². The quantitative estimate of drug-likeness (QED) is 0.850. The van der Waals surface area contributed by atoms with Crippen LogP contribution in [0.5, 0.6) is 0 Å². The number of hydrogen-bond acceptors (Lipinski definition) is 6. The van der Waals surface area contributed by atoms with Gasteiger partial charge in [0.2, 0.25) is 10.0 Å². The van der Waals surface area contributed by atoms with Gasteiger partial charge in [-0.1, -0.05) is 5.21 Å². The summed E-state index contributed by atoms with van der Waals surface area (Å²) in [6.07, 6.45) is 4.60. The molecule has 1 saturated heterocycles. The Morgan fingerprint density at radius 3 is 3.00 bits per heavy atom. The number of rotatable bonds is 4. The van der Waals surface area contributed by atoms with E-state index in [-0.39, 0.29) is 10.8 Å². The molecule has 1 aliphatic rings. The second-order valence-corrected chi connectivity index (χ2v) is 6.94. The maximum Gasteiger partial charge on any atom is 0.246 e. The number of aryl methyl sites for hydroxylation is 1. The zero-order valence-electron chi connectivity index (χ0n) is 11.7. The van der Waals surface area contributed by atoms with Crippen LogP contribution in [0.1, 0.15) is 31.5 Å². The highest BCUT2D eigenvalue weighted by Crippen LogP contribution is 2.27. The molecule has 3 heterocycles. The van der Waals surface area contributed by atoms with Crippen molar-refractivity contribution in [3.8, 4) is 0 Å². The molecule has 0 amide bonds. The number of nitrogens with one attached hydrogen (secondary N) is 1. The maximum absolute atomic E-state index is 12.6. The predicted octanol–water partition coefficient (Wildman–Crippen LogP) is -0.0156. The number of piperidine rings is 1. The van der Waals surface area contributed by atoms with Crippen LogP contribution in [0.2, 0.25) is 0 Å². The lowest BCUT2D eigenvalue weighted by molar-refractivity contribution is 0.309. The molecule has 0 radical (unpaired) electrons. The van der Waals surface area contributed by atoms with Gasteiger partial charge in [-0.25, -0.2) is 8.42 Å². The zero-order chi connectivity index (χ0) is 14.9. The molecule has 1 N–H and O–H groups in total. The standard InChI is InChI=1S/C11H17N7O2S/c1-2-17-8-10(6-12-17)21(19,20)18-5-3-4-9(7-18)11-13-15-16-14-11/h6,8-9H,2-5,7H2,1H3,(H,13,14,15,16). The maximum atomic E-state index is 12.6. The van der Waals surface area contributed by atoms with Crippen LogP contribution < -0.4 is 0 Å². The van der Waals surface area contributed by atoms with Crippen LogP contribution in [0.25, 0.3) is 0 Å². The van der Waals surface area contributed by atoms with E-state index in [1.807, 2.05) is 6.92 Å². The van der Waals surface area contributed by atoms with Gasteiger partial charge in [-0.3, -0.25) is 4.68 Å². The smallest absolute Gasteiger partial charge is 0.246 e. The second-order valence-electron chi connectivity index (χ2n) is 5.00. The van der Waals surface area contributed by atoms with E-state index in [0.717, 1.165) is 12.8 Å². The Hall–Kier alpha value is -1.81. The van der Waals surface area contributed by atoms with Crippen LogP contribution in [-0.2, 0) is 16.6 Å². The number of sulfonamides is 1. The van der Waals surface area contributed by atoms with Crippen molar-refractivity contribution in [2.24, 2.45) is 0 Å².